The van der Waals surface area contributed by atoms with Gasteiger partial charge in [-0.3, -0.25) is 4.79 Å². The third-order valence-electron chi connectivity index (χ3n) is 3.14. The van der Waals surface area contributed by atoms with E-state index in [1.54, 1.807) is 25.1 Å². The molecule has 0 radical (unpaired) electrons. The number of benzene rings is 1. The molecule has 0 aromatic heterocycles. The second-order valence-corrected chi connectivity index (χ2v) is 5.07. The molecule has 1 saturated carbocycles. The van der Waals surface area contributed by atoms with Gasteiger partial charge >= 0.3 is 0 Å². The van der Waals surface area contributed by atoms with Crippen molar-refractivity contribution in [3.05, 3.63) is 29.3 Å². The van der Waals surface area contributed by atoms with Crippen LogP contribution < -0.4 is 5.32 Å². The first-order chi connectivity index (χ1) is 8.09. The molecule has 0 saturated heterocycles. The monoisotopic (exact) mass is 253 g/mol. The molecule has 1 fully saturated rings. The maximum absolute atomic E-state index is 11.9. The van der Waals surface area contributed by atoms with Crippen LogP contribution >= 0.6 is 11.6 Å². The van der Waals surface area contributed by atoms with Crippen LogP contribution in [0.3, 0.4) is 0 Å². The predicted molar refractivity (Wildman–Crippen MR) is 67.5 cm³/mol. The summed E-state index contributed by atoms with van der Waals surface area (Å²) >= 11 is 6.12. The van der Waals surface area contributed by atoms with Crippen molar-refractivity contribution in [3.63, 3.8) is 0 Å². The number of hydrogen-bond donors (Lipinski definition) is 2. The Morgan fingerprint density at radius 3 is 2.94 bits per heavy atom. The van der Waals surface area contributed by atoms with Gasteiger partial charge in [-0.1, -0.05) is 6.07 Å². The zero-order valence-corrected chi connectivity index (χ0v) is 10.5. The van der Waals surface area contributed by atoms with E-state index in [0.717, 1.165) is 12.8 Å². The van der Waals surface area contributed by atoms with Crippen molar-refractivity contribution in [2.45, 2.75) is 25.1 Å². The van der Waals surface area contributed by atoms with Gasteiger partial charge < -0.3 is 10.4 Å². The van der Waals surface area contributed by atoms with Crippen LogP contribution in [0.25, 0.3) is 0 Å². The standard InChI is InChI=1S/C13H16ClNO2/c1-8-10(3-2-4-12(8)16)13(17)15-7-11(14)9-5-6-9/h2-4,9,11,16H,5-7H2,1H3,(H,15,17). The third kappa shape index (κ3) is 2.91. The van der Waals surface area contributed by atoms with Crippen LogP contribution in [0.15, 0.2) is 18.2 Å². The molecule has 4 heteroatoms. The highest BCUT2D eigenvalue weighted by Gasteiger charge is 2.29. The number of amides is 1. The molecule has 0 aliphatic heterocycles. The Balaban J connectivity index is 1.96. The van der Waals surface area contributed by atoms with E-state index in [4.69, 9.17) is 11.6 Å². The van der Waals surface area contributed by atoms with E-state index in [1.807, 2.05) is 0 Å². The molecule has 1 unspecified atom stereocenters. The van der Waals surface area contributed by atoms with Crippen LogP contribution in [0.1, 0.15) is 28.8 Å². The molecule has 1 aliphatic rings. The maximum Gasteiger partial charge on any atom is 0.251 e. The third-order valence-corrected chi connectivity index (χ3v) is 3.65. The number of phenols is 1. The van der Waals surface area contributed by atoms with E-state index in [-0.39, 0.29) is 17.0 Å². The number of carbonyl (C=O) groups excluding carboxylic acids is 1. The normalized spacial score (nSPS) is 16.6. The van der Waals surface area contributed by atoms with E-state index in [2.05, 4.69) is 5.32 Å². The van der Waals surface area contributed by atoms with Gasteiger partial charge in [-0.2, -0.15) is 0 Å². The van der Waals surface area contributed by atoms with Gasteiger partial charge in [-0.15, -0.1) is 11.6 Å². The Kier molecular flexibility index (Phi) is 3.57. The highest BCUT2D eigenvalue weighted by Crippen LogP contribution is 2.35. The van der Waals surface area contributed by atoms with Gasteiger partial charge in [-0.05, 0) is 37.8 Å². The van der Waals surface area contributed by atoms with E-state index in [9.17, 15) is 9.90 Å². The molecule has 0 bridgehead atoms. The molecule has 2 rings (SSSR count). The molecular weight excluding hydrogens is 238 g/mol. The van der Waals surface area contributed by atoms with Gasteiger partial charge in [0, 0.05) is 17.7 Å². The number of rotatable bonds is 4. The Bertz CT molecular complexity index is 429. The summed E-state index contributed by atoms with van der Waals surface area (Å²) in [6, 6.07) is 4.93. The number of halogens is 1. The lowest BCUT2D eigenvalue weighted by Crippen LogP contribution is -2.31. The quantitative estimate of drug-likeness (QED) is 0.810. The fourth-order valence-electron chi connectivity index (χ4n) is 1.78. The number of hydrogen-bond acceptors (Lipinski definition) is 2. The molecule has 1 amide bonds. The Morgan fingerprint density at radius 2 is 2.29 bits per heavy atom. The highest BCUT2D eigenvalue weighted by molar-refractivity contribution is 6.21. The van der Waals surface area contributed by atoms with Gasteiger partial charge in [0.1, 0.15) is 5.75 Å². The topological polar surface area (TPSA) is 49.3 Å². The van der Waals surface area contributed by atoms with E-state index in [1.165, 1.54) is 0 Å². The zero-order chi connectivity index (χ0) is 12.4. The molecule has 1 aromatic carbocycles. The van der Waals surface area contributed by atoms with Crippen molar-refractivity contribution in [3.8, 4) is 5.75 Å². The SMILES string of the molecule is Cc1c(O)cccc1C(=O)NCC(Cl)C1CC1. The van der Waals surface area contributed by atoms with Crippen LogP contribution in [0.5, 0.6) is 5.75 Å². The summed E-state index contributed by atoms with van der Waals surface area (Å²) in [6.45, 7) is 2.21. The second-order valence-electron chi connectivity index (χ2n) is 4.51. The van der Waals surface area contributed by atoms with Crippen LogP contribution in [-0.4, -0.2) is 22.9 Å². The minimum atomic E-state index is -0.176. The maximum atomic E-state index is 11.9. The first-order valence-corrected chi connectivity index (χ1v) is 6.24. The Hall–Kier alpha value is -1.22. The van der Waals surface area contributed by atoms with Crippen LogP contribution in [0.4, 0.5) is 0 Å². The van der Waals surface area contributed by atoms with Crippen LogP contribution in [0.2, 0.25) is 0 Å². The Labute approximate surface area is 106 Å². The minimum absolute atomic E-state index is 0.0246. The van der Waals surface area contributed by atoms with Gasteiger partial charge in [-0.25, -0.2) is 0 Å². The molecule has 17 heavy (non-hydrogen) atoms. The summed E-state index contributed by atoms with van der Waals surface area (Å²) in [5.41, 5.74) is 1.10. The van der Waals surface area contributed by atoms with E-state index < -0.39 is 0 Å². The number of aromatic hydroxyl groups is 1. The van der Waals surface area contributed by atoms with Gasteiger partial charge in [0.15, 0.2) is 0 Å². The van der Waals surface area contributed by atoms with Crippen molar-refractivity contribution in [2.24, 2.45) is 5.92 Å². The Morgan fingerprint density at radius 1 is 1.59 bits per heavy atom. The number of phenolic OH excluding ortho intramolecular Hbond substituents is 1. The second kappa shape index (κ2) is 4.96. The van der Waals surface area contributed by atoms with Gasteiger partial charge in [0.05, 0.1) is 5.38 Å². The molecule has 0 heterocycles. The molecule has 1 aromatic rings. The van der Waals surface area contributed by atoms with E-state index >= 15 is 0 Å². The van der Waals surface area contributed by atoms with Crippen molar-refractivity contribution < 1.29 is 9.90 Å². The van der Waals surface area contributed by atoms with Crippen molar-refractivity contribution >= 4 is 17.5 Å². The van der Waals surface area contributed by atoms with Crippen molar-refractivity contribution in [2.75, 3.05) is 6.54 Å². The first kappa shape index (κ1) is 12.2. The summed E-state index contributed by atoms with van der Waals surface area (Å²) in [5, 5.41) is 12.3. The summed E-state index contributed by atoms with van der Waals surface area (Å²) in [6.07, 6.45) is 2.32. The van der Waals surface area contributed by atoms with Crippen molar-refractivity contribution in [1.82, 2.24) is 5.32 Å². The van der Waals surface area contributed by atoms with Gasteiger partial charge in [0.25, 0.3) is 5.91 Å². The summed E-state index contributed by atoms with van der Waals surface area (Å²) in [4.78, 5) is 11.9. The van der Waals surface area contributed by atoms with Crippen LogP contribution in [-0.2, 0) is 0 Å². The minimum Gasteiger partial charge on any atom is -0.508 e. The zero-order valence-electron chi connectivity index (χ0n) is 9.74. The first-order valence-electron chi connectivity index (χ1n) is 5.80. The smallest absolute Gasteiger partial charge is 0.251 e. The number of nitrogens with one attached hydrogen (secondary N) is 1. The number of carbonyl (C=O) groups is 1. The van der Waals surface area contributed by atoms with E-state index in [0.29, 0.717) is 23.6 Å². The molecule has 2 N–H and O–H groups in total. The lowest BCUT2D eigenvalue weighted by Gasteiger charge is -2.11. The molecule has 0 spiro atoms. The molecule has 1 atom stereocenters. The molecular formula is C13H16ClNO2. The fourth-order valence-corrected chi connectivity index (χ4v) is 2.11. The average molecular weight is 254 g/mol. The molecule has 92 valence electrons. The van der Waals surface area contributed by atoms with Gasteiger partial charge in [0.2, 0.25) is 0 Å². The molecule has 1 aliphatic carbocycles. The average Bonchev–Trinajstić information content (AvgIpc) is 3.13. The fraction of sp³-hybridized carbons (Fsp3) is 0.462. The largest absolute Gasteiger partial charge is 0.508 e. The highest BCUT2D eigenvalue weighted by atomic mass is 35.5. The summed E-state index contributed by atoms with van der Waals surface area (Å²) in [7, 11) is 0. The summed E-state index contributed by atoms with van der Waals surface area (Å²) < 4.78 is 0. The van der Waals surface area contributed by atoms with Crippen molar-refractivity contribution in [1.29, 1.82) is 0 Å². The lowest BCUT2D eigenvalue weighted by molar-refractivity contribution is 0.0952. The predicted octanol–water partition coefficient (Wildman–Crippen LogP) is 2.45. The van der Waals surface area contributed by atoms with Crippen LogP contribution in [0, 0.1) is 12.8 Å². The number of alkyl halides is 1. The summed E-state index contributed by atoms with van der Waals surface area (Å²) in [5.74, 6) is 0.522. The molecule has 3 nitrogen and oxygen atoms in total. The lowest BCUT2D eigenvalue weighted by atomic mass is 10.1.